The van der Waals surface area contributed by atoms with Gasteiger partial charge in [0.05, 0.1) is 7.11 Å². The number of carbonyl (C=O) groups is 1. The number of amides is 1. The fourth-order valence-electron chi connectivity index (χ4n) is 2.89. The Morgan fingerprint density at radius 1 is 1.23 bits per heavy atom. The maximum absolute atomic E-state index is 14.5. The van der Waals surface area contributed by atoms with E-state index in [-0.39, 0.29) is 11.7 Å². The Morgan fingerprint density at radius 2 is 2.00 bits per heavy atom. The van der Waals surface area contributed by atoms with Crippen LogP contribution in [0, 0.1) is 5.82 Å². The van der Waals surface area contributed by atoms with E-state index < -0.39 is 0 Å². The molecule has 0 bridgehead atoms. The van der Waals surface area contributed by atoms with Crippen molar-refractivity contribution in [3.05, 3.63) is 54.0 Å². The molecule has 3 aromatic rings. The summed E-state index contributed by atoms with van der Waals surface area (Å²) in [6.45, 7) is 1.22. The van der Waals surface area contributed by atoms with Crippen molar-refractivity contribution in [3.63, 3.8) is 0 Å². The summed E-state index contributed by atoms with van der Waals surface area (Å²) in [5.41, 5.74) is 2.02. The largest absolute Gasteiger partial charge is 0.497 e. The zero-order chi connectivity index (χ0) is 18.7. The van der Waals surface area contributed by atoms with Crippen molar-refractivity contribution in [1.82, 2.24) is 15.2 Å². The molecule has 1 amide bonds. The molecule has 0 radical (unpaired) electrons. The summed E-state index contributed by atoms with van der Waals surface area (Å²) in [5.74, 6) is 0.00693. The van der Waals surface area contributed by atoms with Crippen LogP contribution in [-0.4, -0.2) is 50.1 Å². The summed E-state index contributed by atoms with van der Waals surface area (Å²) in [7, 11) is 5.45. The van der Waals surface area contributed by atoms with Crippen LogP contribution < -0.4 is 10.1 Å². The summed E-state index contributed by atoms with van der Waals surface area (Å²) in [6, 6.07) is 11.9. The number of benzene rings is 2. The van der Waals surface area contributed by atoms with Crippen molar-refractivity contribution in [2.45, 2.75) is 0 Å². The molecule has 0 aliphatic rings. The Bertz CT molecular complexity index is 934. The number of halogens is 1. The van der Waals surface area contributed by atoms with E-state index in [2.05, 4.69) is 10.3 Å². The molecule has 2 aromatic carbocycles. The molecule has 3 rings (SSSR count). The average Bonchev–Trinajstić information content (AvgIpc) is 3.00. The monoisotopic (exact) mass is 355 g/mol. The number of ether oxygens (including phenoxy) is 1. The van der Waals surface area contributed by atoms with Gasteiger partial charge in [-0.1, -0.05) is 18.2 Å². The Balaban J connectivity index is 2.11. The predicted molar refractivity (Wildman–Crippen MR) is 101 cm³/mol. The minimum atomic E-state index is -0.376. The van der Waals surface area contributed by atoms with Gasteiger partial charge in [-0.2, -0.15) is 0 Å². The molecule has 1 aromatic heterocycles. The number of hydrogen-bond donors (Lipinski definition) is 2. The topological polar surface area (TPSA) is 57.4 Å². The highest BCUT2D eigenvalue weighted by Gasteiger charge is 2.21. The lowest BCUT2D eigenvalue weighted by molar-refractivity contribution is 0.0947. The first-order valence-corrected chi connectivity index (χ1v) is 8.39. The van der Waals surface area contributed by atoms with E-state index in [9.17, 15) is 9.18 Å². The first-order chi connectivity index (χ1) is 12.5. The van der Waals surface area contributed by atoms with Crippen LogP contribution in [0.3, 0.4) is 0 Å². The molecule has 1 heterocycles. The van der Waals surface area contributed by atoms with Gasteiger partial charge in [-0.25, -0.2) is 4.39 Å². The molecule has 26 heavy (non-hydrogen) atoms. The number of likely N-dealkylation sites (N-methyl/N-ethyl adjacent to an activating group) is 1. The van der Waals surface area contributed by atoms with Crippen LogP contribution in [-0.2, 0) is 0 Å². The Kier molecular flexibility index (Phi) is 5.23. The number of carbonyl (C=O) groups excluding carboxylic acids is 1. The highest BCUT2D eigenvalue weighted by Crippen LogP contribution is 2.35. The van der Waals surface area contributed by atoms with Gasteiger partial charge in [0.1, 0.15) is 17.3 Å². The second kappa shape index (κ2) is 7.58. The normalized spacial score (nSPS) is 11.1. The molecule has 136 valence electrons. The van der Waals surface area contributed by atoms with E-state index in [1.165, 1.54) is 6.07 Å². The second-order valence-corrected chi connectivity index (χ2v) is 6.33. The van der Waals surface area contributed by atoms with Crippen LogP contribution in [0.1, 0.15) is 10.5 Å². The van der Waals surface area contributed by atoms with Crippen molar-refractivity contribution in [2.75, 3.05) is 34.3 Å². The summed E-state index contributed by atoms with van der Waals surface area (Å²) < 4.78 is 19.8. The molecule has 6 heteroatoms. The number of rotatable bonds is 6. The summed E-state index contributed by atoms with van der Waals surface area (Å²) in [4.78, 5) is 17.9. The minimum absolute atomic E-state index is 0.264. The number of nitrogens with one attached hydrogen (secondary N) is 2. The molecular weight excluding hydrogens is 333 g/mol. The van der Waals surface area contributed by atoms with Gasteiger partial charge in [0.25, 0.3) is 5.91 Å². The van der Waals surface area contributed by atoms with Crippen molar-refractivity contribution >= 4 is 16.8 Å². The van der Waals surface area contributed by atoms with Crippen LogP contribution in [0.2, 0.25) is 0 Å². The summed E-state index contributed by atoms with van der Waals surface area (Å²) in [5, 5.41) is 3.63. The van der Waals surface area contributed by atoms with Gasteiger partial charge >= 0.3 is 0 Å². The third-order valence-electron chi connectivity index (χ3n) is 4.22. The van der Waals surface area contributed by atoms with Gasteiger partial charge in [-0.05, 0) is 38.4 Å². The Labute approximate surface area is 151 Å². The lowest BCUT2D eigenvalue weighted by Crippen LogP contribution is -2.31. The number of fused-ring (bicyclic) bond motifs is 1. The lowest BCUT2D eigenvalue weighted by atomic mass is 10.0. The highest BCUT2D eigenvalue weighted by atomic mass is 19.1. The predicted octanol–water partition coefficient (Wildman–Crippen LogP) is 3.27. The average molecular weight is 355 g/mol. The van der Waals surface area contributed by atoms with Gasteiger partial charge in [0.2, 0.25) is 0 Å². The van der Waals surface area contributed by atoms with Crippen LogP contribution in [0.25, 0.3) is 22.0 Å². The van der Waals surface area contributed by atoms with Crippen molar-refractivity contribution < 1.29 is 13.9 Å². The van der Waals surface area contributed by atoms with E-state index in [4.69, 9.17) is 4.74 Å². The first kappa shape index (κ1) is 17.9. The fourth-order valence-corrected chi connectivity index (χ4v) is 2.89. The van der Waals surface area contributed by atoms with Gasteiger partial charge in [-0.3, -0.25) is 4.79 Å². The maximum Gasteiger partial charge on any atom is 0.268 e. The molecule has 5 nitrogen and oxygen atoms in total. The molecule has 0 saturated carbocycles. The number of aromatic nitrogens is 1. The quantitative estimate of drug-likeness (QED) is 0.713. The Hall–Kier alpha value is -2.86. The van der Waals surface area contributed by atoms with Crippen molar-refractivity contribution in [3.8, 4) is 16.9 Å². The first-order valence-electron chi connectivity index (χ1n) is 8.39. The number of aromatic amines is 1. The van der Waals surface area contributed by atoms with Gasteiger partial charge in [-0.15, -0.1) is 0 Å². The molecule has 0 aliphatic carbocycles. The zero-order valence-corrected chi connectivity index (χ0v) is 15.1. The number of hydrogen-bond acceptors (Lipinski definition) is 3. The zero-order valence-electron chi connectivity index (χ0n) is 15.1. The van der Waals surface area contributed by atoms with E-state index in [0.717, 1.165) is 17.4 Å². The second-order valence-electron chi connectivity index (χ2n) is 6.33. The molecule has 0 aliphatic heterocycles. The van der Waals surface area contributed by atoms with E-state index in [1.807, 2.05) is 31.1 Å². The molecule has 0 spiro atoms. The molecule has 0 unspecified atom stereocenters. The minimum Gasteiger partial charge on any atom is -0.497 e. The van der Waals surface area contributed by atoms with Crippen molar-refractivity contribution in [1.29, 1.82) is 0 Å². The van der Waals surface area contributed by atoms with E-state index in [0.29, 0.717) is 29.1 Å². The summed E-state index contributed by atoms with van der Waals surface area (Å²) >= 11 is 0. The molecular formula is C20H22FN3O2. The molecule has 0 saturated heterocycles. The molecule has 2 N–H and O–H groups in total. The standard InChI is InChI=1S/C20H22FN3O2/c1-24(2)11-10-22-20(25)19-18(14-6-4-5-7-16(14)21)15-12-13(26-3)8-9-17(15)23-19/h4-9,12,23H,10-11H2,1-3H3,(H,22,25). The van der Waals surface area contributed by atoms with Crippen LogP contribution in [0.15, 0.2) is 42.5 Å². The lowest BCUT2D eigenvalue weighted by Gasteiger charge is -2.11. The smallest absolute Gasteiger partial charge is 0.268 e. The Morgan fingerprint density at radius 3 is 2.69 bits per heavy atom. The third-order valence-corrected chi connectivity index (χ3v) is 4.22. The molecule has 0 atom stereocenters. The van der Waals surface area contributed by atoms with Crippen LogP contribution >= 0.6 is 0 Å². The van der Waals surface area contributed by atoms with Gasteiger partial charge in [0.15, 0.2) is 0 Å². The fraction of sp³-hybridized carbons (Fsp3) is 0.250. The summed E-state index contributed by atoms with van der Waals surface area (Å²) in [6.07, 6.45) is 0. The number of nitrogens with zero attached hydrogens (tertiary/aromatic N) is 1. The molecule has 0 fully saturated rings. The van der Waals surface area contributed by atoms with E-state index >= 15 is 0 Å². The SMILES string of the molecule is COc1ccc2[nH]c(C(=O)NCCN(C)C)c(-c3ccccc3F)c2c1. The van der Waals surface area contributed by atoms with Crippen molar-refractivity contribution in [2.24, 2.45) is 0 Å². The third kappa shape index (κ3) is 3.55. The van der Waals surface area contributed by atoms with Gasteiger partial charge < -0.3 is 19.9 Å². The van der Waals surface area contributed by atoms with Gasteiger partial charge in [0, 0.05) is 35.1 Å². The van der Waals surface area contributed by atoms with E-state index in [1.54, 1.807) is 31.4 Å². The maximum atomic E-state index is 14.5. The van der Waals surface area contributed by atoms with Crippen LogP contribution in [0.5, 0.6) is 5.75 Å². The van der Waals surface area contributed by atoms with Crippen LogP contribution in [0.4, 0.5) is 4.39 Å². The number of methoxy groups -OCH3 is 1. The number of H-pyrrole nitrogens is 1. The highest BCUT2D eigenvalue weighted by molar-refractivity contribution is 6.10.